The van der Waals surface area contributed by atoms with Gasteiger partial charge in [0.1, 0.15) is 0 Å². The predicted molar refractivity (Wildman–Crippen MR) is 38.0 cm³/mol. The lowest BCUT2D eigenvalue weighted by atomic mass is 10.2. The van der Waals surface area contributed by atoms with Gasteiger partial charge in [-0.3, -0.25) is 9.59 Å². The Labute approximate surface area is 63.8 Å². The van der Waals surface area contributed by atoms with Gasteiger partial charge in [0.05, 0.1) is 0 Å². The maximum atomic E-state index is 10.9. The van der Waals surface area contributed by atoms with Gasteiger partial charge in [0, 0.05) is 19.4 Å². The topological polar surface area (TPSA) is 75.4 Å². The van der Waals surface area contributed by atoms with Gasteiger partial charge in [0.2, 0.25) is 5.91 Å². The van der Waals surface area contributed by atoms with Crippen LogP contribution < -0.4 is 11.1 Å². The molecule has 1 rings (SSSR count). The summed E-state index contributed by atoms with van der Waals surface area (Å²) in [5.41, 5.74) is 4.97. The standard InChI is InChI=1S/C6H9N3O2/c1-9-3-2-8-6(11)4(9)5(7)10/h2-4H,1H3,(H2,7,10)(H,8,11). The number of rotatable bonds is 1. The molecule has 0 fully saturated rings. The molecular formula is C6H9N3O2. The number of nitrogens with zero attached hydrogens (tertiary/aromatic N) is 1. The molecule has 0 spiro atoms. The van der Waals surface area contributed by atoms with Gasteiger partial charge in [-0.1, -0.05) is 0 Å². The van der Waals surface area contributed by atoms with E-state index in [2.05, 4.69) is 5.32 Å². The second-order valence-corrected chi connectivity index (χ2v) is 2.29. The minimum atomic E-state index is -0.875. The molecule has 1 heterocycles. The minimum Gasteiger partial charge on any atom is -0.367 e. The van der Waals surface area contributed by atoms with Crippen molar-refractivity contribution in [3.8, 4) is 0 Å². The Morgan fingerprint density at radius 3 is 2.82 bits per heavy atom. The number of primary amides is 1. The van der Waals surface area contributed by atoms with Gasteiger partial charge < -0.3 is 16.0 Å². The molecule has 1 unspecified atom stereocenters. The average Bonchev–Trinajstić information content (AvgIpc) is 1.85. The number of likely N-dealkylation sites (N-methyl/N-ethyl adjacent to an activating group) is 1. The van der Waals surface area contributed by atoms with Gasteiger partial charge >= 0.3 is 0 Å². The van der Waals surface area contributed by atoms with Crippen LogP contribution in [0.5, 0.6) is 0 Å². The van der Waals surface area contributed by atoms with Crippen molar-refractivity contribution in [2.45, 2.75) is 6.04 Å². The van der Waals surface area contributed by atoms with Crippen molar-refractivity contribution in [1.29, 1.82) is 0 Å². The summed E-state index contributed by atoms with van der Waals surface area (Å²) in [5, 5.41) is 2.38. The van der Waals surface area contributed by atoms with Crippen LogP contribution in [0.15, 0.2) is 12.4 Å². The predicted octanol–water partition coefficient (Wildman–Crippen LogP) is -1.63. The van der Waals surface area contributed by atoms with E-state index in [1.165, 1.54) is 11.1 Å². The number of nitrogens with two attached hydrogens (primary N) is 1. The number of carbonyl (C=O) groups is 2. The van der Waals surface area contributed by atoms with Crippen molar-refractivity contribution in [2.75, 3.05) is 7.05 Å². The molecule has 2 amide bonds. The van der Waals surface area contributed by atoms with Crippen molar-refractivity contribution >= 4 is 11.8 Å². The number of hydrogen-bond acceptors (Lipinski definition) is 3. The van der Waals surface area contributed by atoms with E-state index in [-0.39, 0.29) is 5.91 Å². The summed E-state index contributed by atoms with van der Waals surface area (Å²) in [5.74, 6) is -1.03. The van der Waals surface area contributed by atoms with Gasteiger partial charge in [-0.05, 0) is 0 Å². The summed E-state index contributed by atoms with van der Waals surface area (Å²) < 4.78 is 0. The number of nitrogens with one attached hydrogen (secondary N) is 1. The second-order valence-electron chi connectivity index (χ2n) is 2.29. The molecule has 0 aliphatic carbocycles. The zero-order valence-electron chi connectivity index (χ0n) is 6.07. The third kappa shape index (κ3) is 1.31. The van der Waals surface area contributed by atoms with Crippen molar-refractivity contribution in [2.24, 2.45) is 5.73 Å². The van der Waals surface area contributed by atoms with Crippen molar-refractivity contribution in [3.63, 3.8) is 0 Å². The Bertz CT molecular complexity index is 224. The van der Waals surface area contributed by atoms with Crippen molar-refractivity contribution < 1.29 is 9.59 Å². The zero-order valence-corrected chi connectivity index (χ0v) is 6.07. The fraction of sp³-hybridized carbons (Fsp3) is 0.333. The first-order valence-electron chi connectivity index (χ1n) is 3.11. The van der Waals surface area contributed by atoms with Gasteiger partial charge in [-0.15, -0.1) is 0 Å². The first kappa shape index (κ1) is 7.59. The maximum absolute atomic E-state index is 10.9. The van der Waals surface area contributed by atoms with Crippen LogP contribution in [0, 0.1) is 0 Å². The highest BCUT2D eigenvalue weighted by Crippen LogP contribution is 2.00. The van der Waals surface area contributed by atoms with Crippen LogP contribution in [0.4, 0.5) is 0 Å². The van der Waals surface area contributed by atoms with Gasteiger partial charge in [0.25, 0.3) is 5.91 Å². The molecule has 60 valence electrons. The Morgan fingerprint density at radius 1 is 1.82 bits per heavy atom. The Morgan fingerprint density at radius 2 is 2.45 bits per heavy atom. The third-order valence-electron chi connectivity index (χ3n) is 1.46. The van der Waals surface area contributed by atoms with E-state index >= 15 is 0 Å². The van der Waals surface area contributed by atoms with E-state index < -0.39 is 11.9 Å². The SMILES string of the molecule is CN1C=CNC(=O)C1C(N)=O. The van der Waals surface area contributed by atoms with Crippen LogP contribution in [0.2, 0.25) is 0 Å². The zero-order chi connectivity index (χ0) is 8.43. The maximum Gasteiger partial charge on any atom is 0.256 e. The minimum absolute atomic E-state index is 0.387. The van der Waals surface area contributed by atoms with Gasteiger partial charge in [-0.2, -0.15) is 0 Å². The number of carbonyl (C=O) groups excluding carboxylic acids is 2. The van der Waals surface area contributed by atoms with E-state index in [1.807, 2.05) is 0 Å². The molecular weight excluding hydrogens is 146 g/mol. The highest BCUT2D eigenvalue weighted by molar-refractivity contribution is 6.04. The smallest absolute Gasteiger partial charge is 0.256 e. The van der Waals surface area contributed by atoms with E-state index in [0.717, 1.165) is 0 Å². The second kappa shape index (κ2) is 2.61. The Hall–Kier alpha value is -1.52. The van der Waals surface area contributed by atoms with Gasteiger partial charge in [0.15, 0.2) is 6.04 Å². The molecule has 11 heavy (non-hydrogen) atoms. The molecule has 5 nitrogen and oxygen atoms in total. The van der Waals surface area contributed by atoms with E-state index in [4.69, 9.17) is 5.73 Å². The first-order valence-corrected chi connectivity index (χ1v) is 3.11. The van der Waals surface area contributed by atoms with Crippen LogP contribution in [0.1, 0.15) is 0 Å². The summed E-state index contributed by atoms with van der Waals surface area (Å²) in [6.45, 7) is 0. The molecule has 0 aromatic rings. The fourth-order valence-electron chi connectivity index (χ4n) is 0.917. The van der Waals surface area contributed by atoms with Crippen LogP contribution in [-0.2, 0) is 9.59 Å². The Balaban J connectivity index is 2.83. The van der Waals surface area contributed by atoms with Crippen LogP contribution in [0.3, 0.4) is 0 Å². The quantitative estimate of drug-likeness (QED) is 0.446. The molecule has 1 atom stereocenters. The number of hydrogen-bond donors (Lipinski definition) is 2. The first-order chi connectivity index (χ1) is 5.13. The summed E-state index contributed by atoms with van der Waals surface area (Å²) in [7, 11) is 1.62. The molecule has 0 bridgehead atoms. The summed E-state index contributed by atoms with van der Waals surface area (Å²) in [6.07, 6.45) is 3.04. The fourth-order valence-corrected chi connectivity index (χ4v) is 0.917. The highest BCUT2D eigenvalue weighted by atomic mass is 16.2. The molecule has 3 N–H and O–H groups in total. The number of amides is 2. The van der Waals surface area contributed by atoms with E-state index in [0.29, 0.717) is 0 Å². The molecule has 0 aromatic carbocycles. The largest absolute Gasteiger partial charge is 0.367 e. The molecule has 0 saturated heterocycles. The lowest BCUT2D eigenvalue weighted by Crippen LogP contribution is -2.52. The molecule has 1 aliphatic heterocycles. The third-order valence-corrected chi connectivity index (χ3v) is 1.46. The molecule has 5 heteroatoms. The summed E-state index contributed by atoms with van der Waals surface area (Å²) >= 11 is 0. The lowest BCUT2D eigenvalue weighted by Gasteiger charge is -2.25. The normalized spacial score (nSPS) is 23.2. The lowest BCUT2D eigenvalue weighted by molar-refractivity contribution is -0.133. The van der Waals surface area contributed by atoms with E-state index in [9.17, 15) is 9.59 Å². The van der Waals surface area contributed by atoms with Crippen LogP contribution in [-0.4, -0.2) is 29.8 Å². The average molecular weight is 155 g/mol. The Kier molecular flexibility index (Phi) is 1.80. The van der Waals surface area contributed by atoms with Crippen molar-refractivity contribution in [3.05, 3.63) is 12.4 Å². The van der Waals surface area contributed by atoms with Crippen LogP contribution >= 0.6 is 0 Å². The van der Waals surface area contributed by atoms with E-state index in [1.54, 1.807) is 13.2 Å². The van der Waals surface area contributed by atoms with Crippen molar-refractivity contribution in [1.82, 2.24) is 10.2 Å². The molecule has 0 radical (unpaired) electrons. The molecule has 1 aliphatic rings. The highest BCUT2D eigenvalue weighted by Gasteiger charge is 2.28. The van der Waals surface area contributed by atoms with Gasteiger partial charge in [-0.25, -0.2) is 0 Å². The summed E-state index contributed by atoms with van der Waals surface area (Å²) in [6, 6.07) is -0.875. The molecule has 0 saturated carbocycles. The van der Waals surface area contributed by atoms with Crippen LogP contribution in [0.25, 0.3) is 0 Å². The molecule has 0 aromatic heterocycles. The summed E-state index contributed by atoms with van der Waals surface area (Å²) in [4.78, 5) is 23.1. The monoisotopic (exact) mass is 155 g/mol.